The summed E-state index contributed by atoms with van der Waals surface area (Å²) in [7, 11) is 0. The highest BCUT2D eigenvalue weighted by atomic mass is 19.4. The molecule has 1 aromatic carbocycles. The molecule has 0 bridgehead atoms. The third-order valence-electron chi connectivity index (χ3n) is 6.73. The number of rotatable bonds is 3. The lowest BCUT2D eigenvalue weighted by Gasteiger charge is -2.55. The zero-order chi connectivity index (χ0) is 23.6. The van der Waals surface area contributed by atoms with Gasteiger partial charge < -0.3 is 20.3 Å². The molecule has 1 aromatic rings. The van der Waals surface area contributed by atoms with E-state index in [9.17, 15) is 33.4 Å². The number of halogens is 3. The van der Waals surface area contributed by atoms with Crippen molar-refractivity contribution in [2.45, 2.75) is 55.6 Å². The molecule has 9 nitrogen and oxygen atoms in total. The van der Waals surface area contributed by atoms with Crippen molar-refractivity contribution < 1.29 is 38.1 Å². The number of benzene rings is 1. The van der Waals surface area contributed by atoms with Crippen molar-refractivity contribution >= 4 is 5.97 Å². The van der Waals surface area contributed by atoms with Crippen molar-refractivity contribution in [3.63, 3.8) is 0 Å². The molecule has 3 fully saturated rings. The van der Waals surface area contributed by atoms with Crippen LogP contribution < -0.4 is 10.6 Å². The van der Waals surface area contributed by atoms with Crippen LogP contribution in [0.2, 0.25) is 0 Å². The molecule has 4 unspecified atom stereocenters. The molecule has 3 aliphatic heterocycles. The molecule has 1 spiro atoms. The minimum atomic E-state index is -4.54. The second kappa shape index (κ2) is 7.32. The molecular formula is C20H25F3N4O5. The Labute approximate surface area is 182 Å². The van der Waals surface area contributed by atoms with Crippen molar-refractivity contribution in [2.75, 3.05) is 13.2 Å². The summed E-state index contributed by atoms with van der Waals surface area (Å²) in [5.41, 5.74) is -4.39. The first kappa shape index (κ1) is 22.8. The van der Waals surface area contributed by atoms with E-state index in [4.69, 9.17) is 4.74 Å². The molecule has 0 aliphatic carbocycles. The molecule has 32 heavy (non-hydrogen) atoms. The van der Waals surface area contributed by atoms with Crippen molar-refractivity contribution in [1.82, 2.24) is 20.6 Å². The third-order valence-corrected chi connectivity index (χ3v) is 6.73. The molecule has 0 aromatic heterocycles. The fraction of sp³-hybridized carbons (Fsp3) is 0.550. The first-order valence-electron chi connectivity index (χ1n) is 10.0. The topological polar surface area (TPSA) is 118 Å². The number of nitrogens with one attached hydrogen (secondary N) is 2. The van der Waals surface area contributed by atoms with E-state index in [1.165, 1.54) is 6.92 Å². The van der Waals surface area contributed by atoms with Gasteiger partial charge in [-0.3, -0.25) is 15.4 Å². The van der Waals surface area contributed by atoms with Gasteiger partial charge in [-0.15, -0.1) is 0 Å². The quantitative estimate of drug-likeness (QED) is 0.411. The molecular weight excluding hydrogens is 433 g/mol. The number of carbonyl (C=O) groups excluding carboxylic acids is 1. The van der Waals surface area contributed by atoms with E-state index in [-0.39, 0.29) is 24.5 Å². The number of aliphatic hydroxyl groups excluding tert-OH is 1. The zero-order valence-electron chi connectivity index (χ0n) is 17.4. The molecule has 5 N–H and O–H groups in total. The van der Waals surface area contributed by atoms with Gasteiger partial charge in [-0.1, -0.05) is 6.58 Å². The smallest absolute Gasteiger partial charge is 0.416 e. The fourth-order valence-corrected chi connectivity index (χ4v) is 5.16. The van der Waals surface area contributed by atoms with Gasteiger partial charge in [0.15, 0.2) is 5.66 Å². The molecule has 6 atom stereocenters. The molecule has 0 saturated carbocycles. The monoisotopic (exact) mass is 458 g/mol. The lowest BCUT2D eigenvalue weighted by atomic mass is 9.78. The maximum absolute atomic E-state index is 12.8. The van der Waals surface area contributed by atoms with Crippen molar-refractivity contribution in [1.29, 1.82) is 0 Å². The lowest BCUT2D eigenvalue weighted by Crippen LogP contribution is -2.80. The third kappa shape index (κ3) is 3.01. The van der Waals surface area contributed by atoms with E-state index in [2.05, 4.69) is 17.2 Å². The molecule has 0 amide bonds. The van der Waals surface area contributed by atoms with Crippen LogP contribution in [-0.4, -0.2) is 80.1 Å². The molecule has 3 saturated heterocycles. The van der Waals surface area contributed by atoms with Crippen molar-refractivity contribution in [2.24, 2.45) is 0 Å². The number of ether oxygens (including phenoxy) is 1. The van der Waals surface area contributed by atoms with Crippen LogP contribution in [0.5, 0.6) is 0 Å². The summed E-state index contributed by atoms with van der Waals surface area (Å²) < 4.78 is 43.9. The van der Waals surface area contributed by atoms with E-state index in [1.807, 2.05) is 0 Å². The molecule has 4 rings (SSSR count). The molecule has 176 valence electrons. The average Bonchev–Trinajstić information content (AvgIpc) is 3.13. The number of hydroxylamine groups is 2. The zero-order valence-corrected chi connectivity index (χ0v) is 17.4. The Morgan fingerprint density at radius 2 is 1.97 bits per heavy atom. The Bertz CT molecular complexity index is 925. The maximum atomic E-state index is 12.8. The summed E-state index contributed by atoms with van der Waals surface area (Å²) >= 11 is 0. The van der Waals surface area contributed by atoms with Crippen molar-refractivity contribution in [3.05, 3.63) is 47.8 Å². The maximum Gasteiger partial charge on any atom is 0.416 e. The van der Waals surface area contributed by atoms with Gasteiger partial charge in [0.05, 0.1) is 36.0 Å². The van der Waals surface area contributed by atoms with Gasteiger partial charge in [0.25, 0.3) is 0 Å². The minimum absolute atomic E-state index is 0.00814. The van der Waals surface area contributed by atoms with E-state index in [0.29, 0.717) is 0 Å². The number of esters is 1. The van der Waals surface area contributed by atoms with Crippen LogP contribution in [0.4, 0.5) is 13.2 Å². The van der Waals surface area contributed by atoms with Crippen molar-refractivity contribution in [3.8, 4) is 0 Å². The highest BCUT2D eigenvalue weighted by Crippen LogP contribution is 2.51. The van der Waals surface area contributed by atoms with Gasteiger partial charge >= 0.3 is 12.1 Å². The fourth-order valence-electron chi connectivity index (χ4n) is 5.16. The second-order valence-electron chi connectivity index (χ2n) is 8.51. The Hall–Kier alpha value is -2.38. The van der Waals surface area contributed by atoms with Crippen LogP contribution in [-0.2, 0) is 10.9 Å². The highest BCUT2D eigenvalue weighted by molar-refractivity contribution is 5.89. The van der Waals surface area contributed by atoms with E-state index in [0.717, 1.165) is 29.3 Å². The number of hydrogen-bond acceptors (Lipinski definition) is 9. The Kier molecular flexibility index (Phi) is 5.21. The summed E-state index contributed by atoms with van der Waals surface area (Å²) in [4.78, 5) is 14.4. The second-order valence-corrected chi connectivity index (χ2v) is 8.51. The lowest BCUT2D eigenvalue weighted by molar-refractivity contribution is -0.266. The number of alkyl halides is 3. The van der Waals surface area contributed by atoms with Gasteiger partial charge in [-0.2, -0.15) is 13.2 Å². The van der Waals surface area contributed by atoms with Gasteiger partial charge in [-0.05, 0) is 38.1 Å². The molecule has 3 heterocycles. The summed E-state index contributed by atoms with van der Waals surface area (Å²) in [6.45, 7) is 6.63. The van der Waals surface area contributed by atoms with Crippen LogP contribution >= 0.6 is 0 Å². The summed E-state index contributed by atoms with van der Waals surface area (Å²) in [5.74, 6) is -0.810. The van der Waals surface area contributed by atoms with E-state index < -0.39 is 53.3 Å². The predicted molar refractivity (Wildman–Crippen MR) is 104 cm³/mol. The van der Waals surface area contributed by atoms with E-state index >= 15 is 0 Å². The van der Waals surface area contributed by atoms with Gasteiger partial charge in [-0.25, -0.2) is 9.86 Å². The molecule has 0 radical (unpaired) electrons. The van der Waals surface area contributed by atoms with Crippen LogP contribution in [0.15, 0.2) is 36.7 Å². The number of carbonyl (C=O) groups is 1. The van der Waals surface area contributed by atoms with Gasteiger partial charge in [0, 0.05) is 6.54 Å². The number of nitrogens with zero attached hydrogens (tertiary/aromatic N) is 2. The Morgan fingerprint density at radius 1 is 1.34 bits per heavy atom. The Morgan fingerprint density at radius 3 is 2.53 bits per heavy atom. The predicted octanol–water partition coefficient (Wildman–Crippen LogP) is 0.438. The van der Waals surface area contributed by atoms with E-state index in [1.54, 1.807) is 11.8 Å². The highest BCUT2D eigenvalue weighted by Gasteiger charge is 2.75. The first-order chi connectivity index (χ1) is 14.9. The van der Waals surface area contributed by atoms with Crippen LogP contribution in [0.25, 0.3) is 0 Å². The van der Waals surface area contributed by atoms with Crippen LogP contribution in [0.1, 0.15) is 29.8 Å². The summed E-state index contributed by atoms with van der Waals surface area (Å²) in [6.07, 6.45) is -6.13. The molecule has 12 heteroatoms. The van der Waals surface area contributed by atoms with Crippen LogP contribution in [0, 0.1) is 0 Å². The number of hydrogen-bond donors (Lipinski definition) is 5. The summed E-state index contributed by atoms with van der Waals surface area (Å²) in [6, 6.07) is 2.29. The normalized spacial score (nSPS) is 37.1. The van der Waals surface area contributed by atoms with Gasteiger partial charge in [0.1, 0.15) is 17.5 Å². The first-order valence-corrected chi connectivity index (χ1v) is 10.0. The summed E-state index contributed by atoms with van der Waals surface area (Å²) in [5, 5.41) is 39.3. The minimum Gasteiger partial charge on any atom is -0.454 e. The molecule has 3 aliphatic rings. The largest absolute Gasteiger partial charge is 0.454 e. The van der Waals surface area contributed by atoms with Gasteiger partial charge in [0.2, 0.25) is 0 Å². The average molecular weight is 458 g/mol. The Balaban J connectivity index is 1.65. The number of aliphatic hydroxyl groups is 2. The van der Waals surface area contributed by atoms with Crippen LogP contribution in [0.3, 0.4) is 0 Å². The SMILES string of the molecule is C=C1NC2C(CO)NC(C)N3C[C@H](OC(=O)c4ccc(C(F)(F)F)cc4)[C@](C)(O)C23N1O. The standard InChI is InChI=1S/C20H25F3N4O5/c1-10-24-14(9-28)16-19(27(31)11(2)25-16)18(3,30)15(8-26(10)19)32-17(29)12-4-6-13(7-5-12)20(21,22)23/h4-7,10,14-16,24-25,28,30-31H,2,8-9H2,1,3H3/t10?,14?,15-,16?,18-,19?/m0/s1.